The molecular weight excluding hydrogens is 548 g/mol. The lowest BCUT2D eigenvalue weighted by Gasteiger charge is -2.20. The zero-order valence-corrected chi connectivity index (χ0v) is 23.2. The van der Waals surface area contributed by atoms with Crippen molar-refractivity contribution >= 4 is 17.9 Å². The van der Waals surface area contributed by atoms with E-state index in [0.29, 0.717) is 38.6 Å². The molecule has 11 nitrogen and oxygen atoms in total. The lowest BCUT2D eigenvalue weighted by Crippen LogP contribution is -2.23. The highest BCUT2D eigenvalue weighted by Gasteiger charge is 2.29. The van der Waals surface area contributed by atoms with Crippen LogP contribution in [0.1, 0.15) is 59.2 Å². The Kier molecular flexibility index (Phi) is 8.87. The van der Waals surface area contributed by atoms with Crippen LogP contribution in [0.25, 0.3) is 0 Å². The minimum atomic E-state index is -0.744. The Morgan fingerprint density at radius 3 is 2.10 bits per heavy atom. The van der Waals surface area contributed by atoms with Crippen molar-refractivity contribution < 1.29 is 52.3 Å². The maximum atomic E-state index is 13.4. The van der Waals surface area contributed by atoms with Crippen molar-refractivity contribution in [3.8, 4) is 23.0 Å². The van der Waals surface area contributed by atoms with Gasteiger partial charge in [0.2, 0.25) is 0 Å². The van der Waals surface area contributed by atoms with Crippen LogP contribution < -0.4 is 18.9 Å². The van der Waals surface area contributed by atoms with E-state index in [0.717, 1.165) is 32.1 Å². The molecule has 6 rings (SSSR count). The lowest BCUT2D eigenvalue weighted by molar-refractivity contribution is -0.140. The van der Waals surface area contributed by atoms with Crippen LogP contribution in [0.3, 0.4) is 0 Å². The summed E-state index contributed by atoms with van der Waals surface area (Å²) in [6.45, 7) is 2.68. The Bertz CT molecular complexity index is 1290. The van der Waals surface area contributed by atoms with E-state index in [1.54, 1.807) is 18.2 Å². The molecule has 3 unspecified atom stereocenters. The molecule has 0 radical (unpaired) electrons. The van der Waals surface area contributed by atoms with Gasteiger partial charge in [-0.05, 0) is 43.2 Å². The van der Waals surface area contributed by atoms with Crippen LogP contribution in [0.4, 0.5) is 0 Å². The number of hydrogen-bond acceptors (Lipinski definition) is 11. The predicted octanol–water partition coefficient (Wildman–Crippen LogP) is 3.89. The molecule has 11 heteroatoms. The first-order valence-electron chi connectivity index (χ1n) is 14.5. The topological polar surface area (TPSA) is 135 Å². The SMILES string of the molecule is O=C(Oc1ccc(OC(=O)C2CCCCC2)cc1C(=O)OCCC1CO1)c1ccc(OCC2CO2)cc1OCC1CO1. The summed E-state index contributed by atoms with van der Waals surface area (Å²) >= 11 is 0. The Labute approximate surface area is 243 Å². The fraction of sp³-hybridized carbons (Fsp3) is 0.516. The molecule has 4 aliphatic rings. The summed E-state index contributed by atoms with van der Waals surface area (Å²) in [4.78, 5) is 39.2. The van der Waals surface area contributed by atoms with Gasteiger partial charge in [0, 0.05) is 12.5 Å². The number of carbonyl (C=O) groups is 3. The summed E-state index contributed by atoms with van der Waals surface area (Å²) in [5.74, 6) is -1.04. The molecule has 3 atom stereocenters. The van der Waals surface area contributed by atoms with Crippen molar-refractivity contribution in [1.82, 2.24) is 0 Å². The lowest BCUT2D eigenvalue weighted by atomic mass is 9.89. The van der Waals surface area contributed by atoms with Gasteiger partial charge >= 0.3 is 17.9 Å². The van der Waals surface area contributed by atoms with Crippen molar-refractivity contribution in [1.29, 1.82) is 0 Å². The van der Waals surface area contributed by atoms with Crippen LogP contribution in [0.2, 0.25) is 0 Å². The average molecular weight is 583 g/mol. The van der Waals surface area contributed by atoms with E-state index < -0.39 is 11.9 Å². The number of benzene rings is 2. The first kappa shape index (κ1) is 28.4. The quantitative estimate of drug-likeness (QED) is 0.182. The molecule has 0 bridgehead atoms. The molecule has 3 heterocycles. The van der Waals surface area contributed by atoms with Gasteiger partial charge in [0.25, 0.3) is 0 Å². The first-order chi connectivity index (χ1) is 20.5. The number of ether oxygens (including phenoxy) is 8. The van der Waals surface area contributed by atoms with E-state index in [9.17, 15) is 14.4 Å². The zero-order chi connectivity index (χ0) is 28.9. The highest BCUT2D eigenvalue weighted by Crippen LogP contribution is 2.32. The maximum absolute atomic E-state index is 13.4. The molecule has 0 aromatic heterocycles. The molecule has 0 amide bonds. The Morgan fingerprint density at radius 1 is 0.690 bits per heavy atom. The van der Waals surface area contributed by atoms with E-state index in [2.05, 4.69) is 0 Å². The van der Waals surface area contributed by atoms with E-state index in [1.807, 2.05) is 0 Å². The van der Waals surface area contributed by atoms with Gasteiger partial charge in [0.1, 0.15) is 59.5 Å². The maximum Gasteiger partial charge on any atom is 0.347 e. The fourth-order valence-corrected chi connectivity index (χ4v) is 4.69. The highest BCUT2D eigenvalue weighted by molar-refractivity contribution is 5.98. The van der Waals surface area contributed by atoms with E-state index >= 15 is 0 Å². The molecule has 2 aromatic carbocycles. The summed E-state index contributed by atoms with van der Waals surface area (Å²) in [6, 6.07) is 9.09. The van der Waals surface area contributed by atoms with Crippen molar-refractivity contribution in [3.63, 3.8) is 0 Å². The van der Waals surface area contributed by atoms with E-state index in [1.165, 1.54) is 18.2 Å². The number of epoxide rings is 3. The van der Waals surface area contributed by atoms with Gasteiger partial charge in [0.15, 0.2) is 0 Å². The molecule has 0 N–H and O–H groups in total. The summed E-state index contributed by atoms with van der Waals surface area (Å²) < 4.78 is 44.0. The van der Waals surface area contributed by atoms with Gasteiger partial charge in [-0.3, -0.25) is 4.79 Å². The van der Waals surface area contributed by atoms with Crippen LogP contribution in [-0.2, 0) is 23.7 Å². The summed E-state index contributed by atoms with van der Waals surface area (Å²) in [6.07, 6.45) is 5.31. The number of rotatable bonds is 14. The van der Waals surface area contributed by atoms with Gasteiger partial charge in [0.05, 0.1) is 38.4 Å². The molecule has 0 spiro atoms. The zero-order valence-electron chi connectivity index (χ0n) is 23.2. The third-order valence-corrected chi connectivity index (χ3v) is 7.44. The molecule has 1 aliphatic carbocycles. The van der Waals surface area contributed by atoms with Crippen LogP contribution in [-0.4, -0.2) is 75.9 Å². The first-order valence-corrected chi connectivity index (χ1v) is 14.5. The molecule has 4 fully saturated rings. The van der Waals surface area contributed by atoms with Gasteiger partial charge < -0.3 is 37.9 Å². The molecule has 224 valence electrons. The van der Waals surface area contributed by atoms with E-state index in [4.69, 9.17) is 37.9 Å². The molecule has 2 aromatic rings. The normalized spacial score (nSPS) is 22.5. The monoisotopic (exact) mass is 582 g/mol. The molecule has 42 heavy (non-hydrogen) atoms. The molecule has 3 saturated heterocycles. The Morgan fingerprint density at radius 2 is 1.38 bits per heavy atom. The summed E-state index contributed by atoms with van der Waals surface area (Å²) in [7, 11) is 0. The van der Waals surface area contributed by atoms with Gasteiger partial charge in [-0.25, -0.2) is 9.59 Å². The standard InChI is InChI=1S/C31H34O11/c32-29(19-4-2-1-3-5-19)41-21-7-9-27(26(12-21)30(33)35-11-10-22-14-37-22)42-31(34)25-8-6-20(36-15-23-16-38-23)13-28(25)40-18-24-17-39-24/h6-9,12-13,19,22-24H,1-5,10-11,14-18H2. The largest absolute Gasteiger partial charge is 0.491 e. The van der Waals surface area contributed by atoms with Crippen molar-refractivity contribution in [2.45, 2.75) is 56.8 Å². The Balaban J connectivity index is 1.19. The number of hydrogen-bond donors (Lipinski definition) is 0. The average Bonchev–Trinajstić information content (AvgIpc) is 3.86. The van der Waals surface area contributed by atoms with E-state index in [-0.39, 0.29) is 71.8 Å². The number of esters is 3. The smallest absolute Gasteiger partial charge is 0.347 e. The molecule has 1 saturated carbocycles. The van der Waals surface area contributed by atoms with Crippen molar-refractivity contribution in [2.24, 2.45) is 5.92 Å². The van der Waals surface area contributed by atoms with Gasteiger partial charge in [-0.15, -0.1) is 0 Å². The fourth-order valence-electron chi connectivity index (χ4n) is 4.69. The Hall–Kier alpha value is -3.67. The second-order valence-electron chi connectivity index (χ2n) is 10.9. The molecule has 3 aliphatic heterocycles. The summed E-state index contributed by atoms with van der Waals surface area (Å²) in [5, 5.41) is 0. The predicted molar refractivity (Wildman–Crippen MR) is 145 cm³/mol. The third-order valence-electron chi connectivity index (χ3n) is 7.44. The summed E-state index contributed by atoms with van der Waals surface area (Å²) in [5.41, 5.74) is 0.107. The van der Waals surface area contributed by atoms with Gasteiger partial charge in [-0.2, -0.15) is 0 Å². The number of carbonyl (C=O) groups excluding carboxylic acids is 3. The minimum absolute atomic E-state index is 0.0344. The third kappa shape index (κ3) is 7.99. The minimum Gasteiger partial charge on any atom is -0.491 e. The second-order valence-corrected chi connectivity index (χ2v) is 10.9. The second kappa shape index (κ2) is 13.1. The van der Waals surface area contributed by atoms with Crippen LogP contribution in [0.15, 0.2) is 36.4 Å². The highest BCUT2D eigenvalue weighted by atomic mass is 16.6. The van der Waals surface area contributed by atoms with Crippen LogP contribution in [0, 0.1) is 5.92 Å². The van der Waals surface area contributed by atoms with Crippen LogP contribution in [0.5, 0.6) is 23.0 Å². The van der Waals surface area contributed by atoms with Crippen molar-refractivity contribution in [3.05, 3.63) is 47.5 Å². The van der Waals surface area contributed by atoms with Gasteiger partial charge in [-0.1, -0.05) is 19.3 Å². The van der Waals surface area contributed by atoms with Crippen molar-refractivity contribution in [2.75, 3.05) is 39.6 Å². The molecular formula is C31H34O11. The van der Waals surface area contributed by atoms with Crippen LogP contribution >= 0.6 is 0 Å².